The van der Waals surface area contributed by atoms with Gasteiger partial charge in [0.05, 0.1) is 21.7 Å². The molecule has 1 aromatic carbocycles. The Kier molecular flexibility index (Phi) is 4.46. The van der Waals surface area contributed by atoms with Gasteiger partial charge in [-0.1, -0.05) is 18.2 Å². The summed E-state index contributed by atoms with van der Waals surface area (Å²) >= 11 is 1.68. The van der Waals surface area contributed by atoms with E-state index in [1.54, 1.807) is 11.3 Å². The number of rotatable bonds is 4. The second-order valence-electron chi connectivity index (χ2n) is 6.08. The second kappa shape index (κ2) is 7.06. The summed E-state index contributed by atoms with van der Waals surface area (Å²) in [6.45, 7) is 2.54. The van der Waals surface area contributed by atoms with Crippen LogP contribution in [-0.4, -0.2) is 10.9 Å². The highest BCUT2D eigenvalue weighted by molar-refractivity contribution is 7.15. The molecule has 4 aromatic rings. The van der Waals surface area contributed by atoms with Crippen LogP contribution in [0.15, 0.2) is 67.0 Å². The van der Waals surface area contributed by atoms with Gasteiger partial charge in [0.15, 0.2) is 12.4 Å². The highest BCUT2D eigenvalue weighted by Gasteiger charge is 2.14. The number of amides is 1. The SMILES string of the molecule is Cc1ccc(-c2cc(C(=O)NCc3ccc[nH+]c3)c3ccccc3n2)s1. The molecule has 5 heteroatoms. The van der Waals surface area contributed by atoms with Crippen molar-refractivity contribution >= 4 is 28.1 Å². The number of aromatic amines is 1. The summed E-state index contributed by atoms with van der Waals surface area (Å²) in [6, 6.07) is 17.7. The van der Waals surface area contributed by atoms with Crippen molar-refractivity contribution < 1.29 is 9.78 Å². The standard InChI is InChI=1S/C21H17N3OS/c1-14-8-9-20(26-14)19-11-17(16-6-2-3-7-18(16)24-19)21(25)23-13-15-5-4-10-22-12-15/h2-12H,13H2,1H3,(H,23,25)/p+1. The fourth-order valence-corrected chi connectivity index (χ4v) is 3.71. The van der Waals surface area contributed by atoms with Gasteiger partial charge in [-0.05, 0) is 37.3 Å². The number of carbonyl (C=O) groups excluding carboxylic acids is 1. The summed E-state index contributed by atoms with van der Waals surface area (Å²) in [7, 11) is 0. The monoisotopic (exact) mass is 360 g/mol. The number of H-pyrrole nitrogens is 1. The number of para-hydroxylation sites is 1. The molecule has 128 valence electrons. The van der Waals surface area contributed by atoms with Gasteiger partial charge >= 0.3 is 0 Å². The molecule has 0 saturated carbocycles. The Bertz CT molecular complexity index is 1070. The number of hydrogen-bond acceptors (Lipinski definition) is 3. The molecule has 0 atom stereocenters. The molecule has 0 fully saturated rings. The Labute approximate surface area is 155 Å². The van der Waals surface area contributed by atoms with Crippen LogP contribution in [0.25, 0.3) is 21.5 Å². The first kappa shape index (κ1) is 16.4. The first-order valence-corrected chi connectivity index (χ1v) is 9.22. The topological polar surface area (TPSA) is 56.1 Å². The van der Waals surface area contributed by atoms with Gasteiger partial charge in [0.25, 0.3) is 5.91 Å². The zero-order valence-corrected chi connectivity index (χ0v) is 15.1. The van der Waals surface area contributed by atoms with E-state index in [9.17, 15) is 4.79 Å². The first-order chi connectivity index (χ1) is 12.7. The van der Waals surface area contributed by atoms with Crippen LogP contribution in [-0.2, 0) is 6.54 Å². The smallest absolute Gasteiger partial charge is 0.252 e. The Hall–Kier alpha value is -3.05. The van der Waals surface area contributed by atoms with Crippen LogP contribution in [0.4, 0.5) is 0 Å². The maximum Gasteiger partial charge on any atom is 0.252 e. The Morgan fingerprint density at radius 1 is 1.15 bits per heavy atom. The van der Waals surface area contributed by atoms with Crippen molar-refractivity contribution in [3.05, 3.63) is 83.0 Å². The van der Waals surface area contributed by atoms with E-state index in [0.29, 0.717) is 12.1 Å². The molecule has 4 nitrogen and oxygen atoms in total. The molecule has 2 N–H and O–H groups in total. The molecule has 3 heterocycles. The molecule has 0 spiro atoms. The van der Waals surface area contributed by atoms with Gasteiger partial charge in [0.1, 0.15) is 0 Å². The van der Waals surface area contributed by atoms with Crippen molar-refractivity contribution in [3.63, 3.8) is 0 Å². The number of pyridine rings is 2. The van der Waals surface area contributed by atoms with E-state index < -0.39 is 0 Å². The molecular formula is C21H18N3OS+. The molecule has 0 aliphatic heterocycles. The van der Waals surface area contributed by atoms with Gasteiger partial charge in [-0.2, -0.15) is 0 Å². The summed E-state index contributed by atoms with van der Waals surface area (Å²) in [5.41, 5.74) is 3.33. The maximum absolute atomic E-state index is 12.9. The summed E-state index contributed by atoms with van der Waals surface area (Å²) in [5.74, 6) is -0.0954. The highest BCUT2D eigenvalue weighted by Crippen LogP contribution is 2.29. The van der Waals surface area contributed by atoms with Crippen LogP contribution in [0.3, 0.4) is 0 Å². The average Bonchev–Trinajstić information content (AvgIpc) is 3.12. The van der Waals surface area contributed by atoms with Gasteiger partial charge in [-0.3, -0.25) is 4.79 Å². The molecular weight excluding hydrogens is 342 g/mol. The maximum atomic E-state index is 12.9. The number of fused-ring (bicyclic) bond motifs is 1. The molecule has 3 aromatic heterocycles. The fraction of sp³-hybridized carbons (Fsp3) is 0.0952. The zero-order valence-electron chi connectivity index (χ0n) is 14.3. The number of aryl methyl sites for hydroxylation is 1. The normalized spacial score (nSPS) is 10.8. The highest BCUT2D eigenvalue weighted by atomic mass is 32.1. The fourth-order valence-electron chi connectivity index (χ4n) is 2.88. The summed E-state index contributed by atoms with van der Waals surface area (Å²) < 4.78 is 0. The largest absolute Gasteiger partial charge is 0.348 e. The minimum Gasteiger partial charge on any atom is -0.348 e. The quantitative estimate of drug-likeness (QED) is 0.598. The van der Waals surface area contributed by atoms with Crippen LogP contribution in [0.5, 0.6) is 0 Å². The molecule has 0 radical (unpaired) electrons. The van der Waals surface area contributed by atoms with Crippen molar-refractivity contribution in [2.45, 2.75) is 13.5 Å². The van der Waals surface area contributed by atoms with Crippen molar-refractivity contribution in [2.24, 2.45) is 0 Å². The van der Waals surface area contributed by atoms with Crippen LogP contribution in [0.2, 0.25) is 0 Å². The van der Waals surface area contributed by atoms with Crippen LogP contribution >= 0.6 is 11.3 Å². The number of benzene rings is 1. The van der Waals surface area contributed by atoms with E-state index in [1.165, 1.54) is 4.88 Å². The average molecular weight is 360 g/mol. The van der Waals surface area contributed by atoms with Gasteiger partial charge in [0, 0.05) is 28.4 Å². The molecule has 0 aliphatic rings. The minimum absolute atomic E-state index is 0.0954. The lowest BCUT2D eigenvalue weighted by atomic mass is 10.1. The lowest BCUT2D eigenvalue weighted by molar-refractivity contribution is -0.378. The van der Waals surface area contributed by atoms with E-state index >= 15 is 0 Å². The number of aromatic nitrogens is 2. The van der Waals surface area contributed by atoms with Gasteiger partial charge < -0.3 is 5.32 Å². The summed E-state index contributed by atoms with van der Waals surface area (Å²) in [4.78, 5) is 22.9. The minimum atomic E-state index is -0.0954. The third-order valence-electron chi connectivity index (χ3n) is 4.18. The molecule has 1 amide bonds. The summed E-state index contributed by atoms with van der Waals surface area (Å²) in [5, 5.41) is 3.87. The third-order valence-corrected chi connectivity index (χ3v) is 5.20. The predicted octanol–water partition coefficient (Wildman–Crippen LogP) is 4.02. The molecule has 0 aliphatic carbocycles. The second-order valence-corrected chi connectivity index (χ2v) is 7.36. The Morgan fingerprint density at radius 2 is 2.04 bits per heavy atom. The van der Waals surface area contributed by atoms with E-state index in [-0.39, 0.29) is 5.91 Å². The number of thiophene rings is 1. The van der Waals surface area contributed by atoms with Crippen molar-refractivity contribution in [3.8, 4) is 10.6 Å². The van der Waals surface area contributed by atoms with Crippen LogP contribution in [0.1, 0.15) is 20.8 Å². The first-order valence-electron chi connectivity index (χ1n) is 8.40. The van der Waals surface area contributed by atoms with E-state index in [1.807, 2.05) is 54.9 Å². The number of carbonyl (C=O) groups is 1. The molecule has 26 heavy (non-hydrogen) atoms. The van der Waals surface area contributed by atoms with Gasteiger partial charge in [0.2, 0.25) is 0 Å². The van der Waals surface area contributed by atoms with E-state index in [2.05, 4.69) is 29.4 Å². The van der Waals surface area contributed by atoms with Gasteiger partial charge in [-0.15, -0.1) is 11.3 Å². The van der Waals surface area contributed by atoms with Crippen LogP contribution in [0, 0.1) is 6.92 Å². The number of hydrogen-bond donors (Lipinski definition) is 1. The molecule has 4 rings (SSSR count). The Balaban J connectivity index is 1.71. The zero-order chi connectivity index (χ0) is 17.9. The van der Waals surface area contributed by atoms with E-state index in [4.69, 9.17) is 4.98 Å². The summed E-state index contributed by atoms with van der Waals surface area (Å²) in [6.07, 6.45) is 3.72. The molecule has 0 unspecified atom stereocenters. The third kappa shape index (κ3) is 3.34. The molecule has 0 bridgehead atoms. The lowest BCUT2D eigenvalue weighted by Crippen LogP contribution is -2.24. The van der Waals surface area contributed by atoms with Crippen molar-refractivity contribution in [1.29, 1.82) is 0 Å². The number of nitrogens with zero attached hydrogens (tertiary/aromatic N) is 1. The molecule has 0 saturated heterocycles. The predicted molar refractivity (Wildman–Crippen MR) is 104 cm³/mol. The lowest BCUT2D eigenvalue weighted by Gasteiger charge is -2.09. The van der Waals surface area contributed by atoms with Gasteiger partial charge in [-0.25, -0.2) is 9.97 Å². The number of nitrogens with one attached hydrogen (secondary N) is 2. The van der Waals surface area contributed by atoms with E-state index in [0.717, 1.165) is 27.0 Å². The van der Waals surface area contributed by atoms with Crippen molar-refractivity contribution in [1.82, 2.24) is 10.3 Å². The van der Waals surface area contributed by atoms with Crippen LogP contribution < -0.4 is 10.3 Å². The van der Waals surface area contributed by atoms with Crippen molar-refractivity contribution in [2.75, 3.05) is 0 Å². The Morgan fingerprint density at radius 3 is 2.81 bits per heavy atom.